The van der Waals surface area contributed by atoms with Crippen molar-refractivity contribution in [2.45, 2.75) is 115 Å². The van der Waals surface area contributed by atoms with E-state index in [1.165, 1.54) is 18.2 Å². The summed E-state index contributed by atoms with van der Waals surface area (Å²) in [4.78, 5) is 62.5. The highest BCUT2D eigenvalue weighted by Gasteiger charge is 2.61. The average Bonchev–Trinajstić information content (AvgIpc) is 4.02. The molecular formula is C40H52ClN3O9S. The van der Waals surface area contributed by atoms with Crippen molar-refractivity contribution in [3.63, 3.8) is 0 Å². The lowest BCUT2D eigenvalue weighted by atomic mass is 9.84. The lowest BCUT2D eigenvalue weighted by molar-refractivity contribution is -0.159. The first-order valence-electron chi connectivity index (χ1n) is 19.0. The van der Waals surface area contributed by atoms with Crippen molar-refractivity contribution in [3.05, 3.63) is 41.6 Å². The summed E-state index contributed by atoms with van der Waals surface area (Å²) < 4.78 is 45.8. The number of benzene rings is 1. The Hall–Kier alpha value is -3.71. The SMILES string of the molecule is COc1cnc(O[C@@H]2CC3C(=O)C[C@]4(C(=O)NS(=O)(=O)C5CC5)C[C@H]4/C=C\[C@@H](C)CCC[C@@H](C)[C@H](CC(=O)OC(C)(C)C)C(=O)N3C2)c2cccc(Cl)c12. The number of amides is 2. The third-order valence-corrected chi connectivity index (χ3v) is 13.4. The Balaban J connectivity index is 1.35. The van der Waals surface area contributed by atoms with Crippen LogP contribution in [0.4, 0.5) is 0 Å². The first-order valence-corrected chi connectivity index (χ1v) is 20.9. The molecule has 6 rings (SSSR count). The normalized spacial score (nSPS) is 30.0. The van der Waals surface area contributed by atoms with Crippen LogP contribution in [0.2, 0.25) is 5.02 Å². The van der Waals surface area contributed by atoms with Crippen molar-refractivity contribution in [1.82, 2.24) is 14.6 Å². The molecule has 2 saturated carbocycles. The van der Waals surface area contributed by atoms with Crippen molar-refractivity contribution in [3.8, 4) is 11.6 Å². The van der Waals surface area contributed by atoms with Crippen molar-refractivity contribution >= 4 is 56.0 Å². The van der Waals surface area contributed by atoms with E-state index in [0.29, 0.717) is 47.2 Å². The van der Waals surface area contributed by atoms with Gasteiger partial charge in [-0.1, -0.05) is 50.1 Å². The number of Topliss-reactive ketones (excluding diaryl/α,β-unsaturated/α-hetero) is 1. The number of carbonyl (C=O) groups excluding carboxylic acids is 4. The predicted molar refractivity (Wildman–Crippen MR) is 203 cm³/mol. The number of nitrogens with one attached hydrogen (secondary N) is 1. The third-order valence-electron chi connectivity index (χ3n) is 11.3. The number of pyridine rings is 1. The quantitative estimate of drug-likeness (QED) is 0.242. The molecule has 1 saturated heterocycles. The van der Waals surface area contributed by atoms with E-state index in [2.05, 4.69) is 16.6 Å². The number of rotatable bonds is 8. The zero-order chi connectivity index (χ0) is 39.2. The van der Waals surface area contributed by atoms with E-state index in [1.54, 1.807) is 39.0 Å². The molecular weight excluding hydrogens is 734 g/mol. The van der Waals surface area contributed by atoms with Gasteiger partial charge in [0, 0.05) is 23.6 Å². The molecule has 2 aliphatic heterocycles. The smallest absolute Gasteiger partial charge is 0.307 e. The molecule has 54 heavy (non-hydrogen) atoms. The van der Waals surface area contributed by atoms with E-state index >= 15 is 0 Å². The molecule has 7 atom stereocenters. The van der Waals surface area contributed by atoms with Gasteiger partial charge in [-0.05, 0) is 82.8 Å². The monoisotopic (exact) mass is 785 g/mol. The number of nitrogens with zero attached hydrogens (tertiary/aromatic N) is 2. The largest absolute Gasteiger partial charge is 0.494 e. The number of ether oxygens (including phenoxy) is 3. The first kappa shape index (κ1) is 40.0. The van der Waals surface area contributed by atoms with E-state index in [0.717, 1.165) is 12.8 Å². The van der Waals surface area contributed by atoms with E-state index in [1.807, 2.05) is 19.1 Å². The molecule has 2 amide bonds. The van der Waals surface area contributed by atoms with Crippen molar-refractivity contribution in [2.24, 2.45) is 29.1 Å². The maximum Gasteiger partial charge on any atom is 0.307 e. The molecule has 0 spiro atoms. The molecule has 2 aliphatic carbocycles. The molecule has 1 aromatic carbocycles. The van der Waals surface area contributed by atoms with Crippen molar-refractivity contribution in [2.75, 3.05) is 13.7 Å². The third kappa shape index (κ3) is 8.72. The number of halogens is 1. The highest BCUT2D eigenvalue weighted by molar-refractivity contribution is 7.90. The van der Waals surface area contributed by atoms with Gasteiger partial charge in [0.15, 0.2) is 5.78 Å². The Morgan fingerprint density at radius 2 is 1.83 bits per heavy atom. The van der Waals surface area contributed by atoms with Crippen LogP contribution in [0.3, 0.4) is 0 Å². The van der Waals surface area contributed by atoms with Crippen LogP contribution in [0, 0.1) is 29.1 Å². The highest BCUT2D eigenvalue weighted by atomic mass is 35.5. The standard InChI is InChI=1S/C40H52ClN3O9S/c1-23-9-7-10-24(2)29(18-34(46)53-39(3,4)5)37(47)44-22-26(52-36-28-11-8-12-30(41)35(28)33(51-6)21-42-36)17-31(44)32(45)20-40(19-25(40)14-13-23)38(48)43-54(49,50)27-15-16-27/h8,11-14,21,23-27,29,31H,7,9-10,15-20,22H2,1-6H3,(H,43,48)/b14-13-/t23-,24+,25+,26+,29-,31?,40+/m0/s1. The molecule has 1 N–H and O–H groups in total. The highest BCUT2D eigenvalue weighted by Crippen LogP contribution is 2.57. The van der Waals surface area contributed by atoms with Gasteiger partial charge in [0.25, 0.3) is 0 Å². The zero-order valence-corrected chi connectivity index (χ0v) is 33.5. The van der Waals surface area contributed by atoms with Gasteiger partial charge in [-0.3, -0.25) is 23.9 Å². The van der Waals surface area contributed by atoms with Crippen LogP contribution < -0.4 is 14.2 Å². The number of carbonyl (C=O) groups is 4. The first-order chi connectivity index (χ1) is 25.4. The van der Waals surface area contributed by atoms with Crippen molar-refractivity contribution < 1.29 is 41.8 Å². The second kappa shape index (κ2) is 15.4. The van der Waals surface area contributed by atoms with E-state index in [4.69, 9.17) is 25.8 Å². The Labute approximate surface area is 322 Å². The summed E-state index contributed by atoms with van der Waals surface area (Å²) in [5, 5.41) is 1.03. The average molecular weight is 786 g/mol. The minimum Gasteiger partial charge on any atom is -0.494 e. The maximum absolute atomic E-state index is 14.8. The summed E-state index contributed by atoms with van der Waals surface area (Å²) in [6, 6.07) is 4.30. The van der Waals surface area contributed by atoms with E-state index in [-0.39, 0.29) is 61.1 Å². The molecule has 2 aromatic rings. The van der Waals surface area contributed by atoms with Crippen LogP contribution >= 0.6 is 11.6 Å². The van der Waals surface area contributed by atoms with E-state index < -0.39 is 56.2 Å². The Morgan fingerprint density at radius 3 is 2.52 bits per heavy atom. The molecule has 0 radical (unpaired) electrons. The van der Waals surface area contributed by atoms with Crippen LogP contribution in [0.15, 0.2) is 36.5 Å². The second-order valence-corrected chi connectivity index (χ2v) is 19.1. The summed E-state index contributed by atoms with van der Waals surface area (Å²) in [5.74, 6) is -2.39. The van der Waals surface area contributed by atoms with Crippen LogP contribution in [0.25, 0.3) is 10.8 Å². The van der Waals surface area contributed by atoms with Gasteiger partial charge >= 0.3 is 5.97 Å². The number of ketones is 1. The fourth-order valence-corrected chi connectivity index (χ4v) is 9.64. The van der Waals surface area contributed by atoms with Crippen LogP contribution in [0.1, 0.15) is 92.4 Å². The van der Waals surface area contributed by atoms with Crippen LogP contribution in [-0.2, 0) is 33.9 Å². The minimum atomic E-state index is -3.86. The number of fused-ring (bicyclic) bond motifs is 3. The van der Waals surface area contributed by atoms with Gasteiger partial charge in [-0.25, -0.2) is 13.4 Å². The molecule has 4 aliphatic rings. The Bertz CT molecular complexity index is 1940. The summed E-state index contributed by atoms with van der Waals surface area (Å²) in [7, 11) is -2.35. The van der Waals surface area contributed by atoms with Gasteiger partial charge in [-0.2, -0.15) is 0 Å². The summed E-state index contributed by atoms with van der Waals surface area (Å²) >= 11 is 6.56. The number of allylic oxidation sites excluding steroid dienone is 2. The van der Waals surface area contributed by atoms with Gasteiger partial charge in [0.05, 0.1) is 53.9 Å². The van der Waals surface area contributed by atoms with Crippen molar-refractivity contribution in [1.29, 1.82) is 0 Å². The number of sulfonamides is 1. The maximum atomic E-state index is 14.8. The Morgan fingerprint density at radius 1 is 1.09 bits per heavy atom. The zero-order valence-electron chi connectivity index (χ0n) is 31.9. The van der Waals surface area contributed by atoms with Gasteiger partial charge in [0.1, 0.15) is 17.5 Å². The predicted octanol–water partition coefficient (Wildman–Crippen LogP) is 6.18. The molecule has 3 fully saturated rings. The summed E-state index contributed by atoms with van der Waals surface area (Å²) in [6.45, 7) is 9.37. The number of aromatic nitrogens is 1. The van der Waals surface area contributed by atoms with Gasteiger partial charge in [0.2, 0.25) is 27.7 Å². The Kier molecular flexibility index (Phi) is 11.4. The fraction of sp³-hybridized carbons (Fsp3) is 0.625. The van der Waals surface area contributed by atoms with Crippen LogP contribution in [-0.4, -0.2) is 78.5 Å². The second-order valence-electron chi connectivity index (χ2n) is 16.7. The molecule has 1 aromatic heterocycles. The molecule has 294 valence electrons. The molecule has 3 heterocycles. The molecule has 0 bridgehead atoms. The fourth-order valence-electron chi connectivity index (χ4n) is 7.98. The van der Waals surface area contributed by atoms with E-state index in [9.17, 15) is 27.6 Å². The van der Waals surface area contributed by atoms with Gasteiger partial charge < -0.3 is 19.1 Å². The lowest BCUT2D eigenvalue weighted by Crippen LogP contribution is -2.47. The summed E-state index contributed by atoms with van der Waals surface area (Å²) in [6.07, 6.45) is 8.05. The van der Waals surface area contributed by atoms with Crippen LogP contribution in [0.5, 0.6) is 11.6 Å². The minimum absolute atomic E-state index is 0.0260. The number of esters is 1. The number of hydrogen-bond donors (Lipinski definition) is 1. The molecule has 1 unspecified atom stereocenters. The molecule has 14 heteroatoms. The topological polar surface area (TPSA) is 158 Å². The lowest BCUT2D eigenvalue weighted by Gasteiger charge is -2.32. The summed E-state index contributed by atoms with van der Waals surface area (Å²) in [5.41, 5.74) is -2.02. The number of hydrogen-bond acceptors (Lipinski definition) is 10. The molecule has 12 nitrogen and oxygen atoms in total. The van der Waals surface area contributed by atoms with Gasteiger partial charge in [-0.15, -0.1) is 0 Å². The number of methoxy groups -OCH3 is 1.